The lowest BCUT2D eigenvalue weighted by Gasteiger charge is -2.47. The van der Waals surface area contributed by atoms with Crippen molar-refractivity contribution in [1.82, 2.24) is 0 Å². The van der Waals surface area contributed by atoms with Crippen LogP contribution in [0.3, 0.4) is 0 Å². The van der Waals surface area contributed by atoms with Crippen LogP contribution in [0.4, 0.5) is 0 Å². The minimum atomic E-state index is -0.413. The number of allylic oxidation sites excluding steroid dienone is 2. The van der Waals surface area contributed by atoms with Crippen LogP contribution in [-0.4, -0.2) is 23.3 Å². The molecule has 3 aliphatic carbocycles. The second-order valence-corrected chi connectivity index (χ2v) is 7.90. The van der Waals surface area contributed by atoms with E-state index >= 15 is 0 Å². The zero-order chi connectivity index (χ0) is 16.4. The predicted molar refractivity (Wildman–Crippen MR) is 89.8 cm³/mol. The molecule has 23 heavy (non-hydrogen) atoms. The zero-order valence-electron chi connectivity index (χ0n) is 14.2. The minimum Gasteiger partial charge on any atom is -0.393 e. The number of aldehydes is 1. The van der Waals surface area contributed by atoms with Gasteiger partial charge in [-0.2, -0.15) is 0 Å². The van der Waals surface area contributed by atoms with Gasteiger partial charge in [0.2, 0.25) is 0 Å². The molecule has 0 heterocycles. The van der Waals surface area contributed by atoms with Crippen molar-refractivity contribution in [2.75, 3.05) is 0 Å². The Balaban J connectivity index is 1.87. The molecule has 0 radical (unpaired) electrons. The molecule has 7 unspecified atom stereocenters. The summed E-state index contributed by atoms with van der Waals surface area (Å²) >= 11 is 0. The van der Waals surface area contributed by atoms with Crippen molar-refractivity contribution in [2.24, 2.45) is 35.5 Å². The van der Waals surface area contributed by atoms with Gasteiger partial charge in [-0.25, -0.2) is 0 Å². The standard InChI is InChI=1S/C20H30O3/c1-2-13-6-7-14(22)4-3-5-16-15(13)8-9-18-17(16)10-11-20(23)19(18)12-21/h10-19,22H,2-9H2,1H3. The van der Waals surface area contributed by atoms with E-state index in [9.17, 15) is 14.7 Å². The van der Waals surface area contributed by atoms with E-state index in [1.807, 2.05) is 0 Å². The number of hydrogen-bond acceptors (Lipinski definition) is 3. The van der Waals surface area contributed by atoms with Crippen LogP contribution >= 0.6 is 0 Å². The van der Waals surface area contributed by atoms with Gasteiger partial charge in [-0.15, -0.1) is 0 Å². The smallest absolute Gasteiger partial charge is 0.165 e. The predicted octanol–water partition coefficient (Wildman–Crippen LogP) is 3.55. The lowest BCUT2D eigenvalue weighted by molar-refractivity contribution is -0.129. The summed E-state index contributed by atoms with van der Waals surface area (Å²) in [5.74, 6) is 2.14. The van der Waals surface area contributed by atoms with E-state index in [1.54, 1.807) is 6.08 Å². The topological polar surface area (TPSA) is 54.4 Å². The number of aliphatic hydroxyl groups is 1. The molecule has 0 aromatic rings. The molecule has 3 nitrogen and oxygen atoms in total. The van der Waals surface area contributed by atoms with E-state index in [0.717, 1.165) is 51.2 Å². The first-order valence-corrected chi connectivity index (χ1v) is 9.51. The highest BCUT2D eigenvalue weighted by molar-refractivity contribution is 6.01. The van der Waals surface area contributed by atoms with Crippen LogP contribution in [0.2, 0.25) is 0 Å². The molecule has 2 fully saturated rings. The summed E-state index contributed by atoms with van der Waals surface area (Å²) in [6.07, 6.45) is 13.0. The third-order valence-electron chi connectivity index (χ3n) is 6.87. The average molecular weight is 318 g/mol. The second-order valence-electron chi connectivity index (χ2n) is 7.90. The summed E-state index contributed by atoms with van der Waals surface area (Å²) in [5.41, 5.74) is 0. The van der Waals surface area contributed by atoms with E-state index in [2.05, 4.69) is 13.0 Å². The molecule has 128 valence electrons. The molecule has 0 bridgehead atoms. The Labute approximate surface area is 139 Å². The van der Waals surface area contributed by atoms with E-state index in [-0.39, 0.29) is 17.8 Å². The summed E-state index contributed by atoms with van der Waals surface area (Å²) < 4.78 is 0. The third-order valence-corrected chi connectivity index (χ3v) is 6.87. The molecule has 0 aromatic carbocycles. The van der Waals surface area contributed by atoms with Gasteiger partial charge in [0.05, 0.1) is 12.0 Å². The zero-order valence-corrected chi connectivity index (χ0v) is 14.2. The van der Waals surface area contributed by atoms with Crippen LogP contribution in [0.5, 0.6) is 0 Å². The summed E-state index contributed by atoms with van der Waals surface area (Å²) in [6.45, 7) is 2.27. The first-order chi connectivity index (χ1) is 11.2. The second kappa shape index (κ2) is 7.29. The first kappa shape index (κ1) is 16.9. The van der Waals surface area contributed by atoms with Crippen LogP contribution in [0.25, 0.3) is 0 Å². The number of carbonyl (C=O) groups excluding carboxylic acids is 2. The Morgan fingerprint density at radius 3 is 2.61 bits per heavy atom. The van der Waals surface area contributed by atoms with Crippen molar-refractivity contribution in [2.45, 2.75) is 64.4 Å². The summed E-state index contributed by atoms with van der Waals surface area (Å²) in [5, 5.41) is 10.1. The number of rotatable bonds is 2. The Hall–Kier alpha value is -0.960. The quantitative estimate of drug-likeness (QED) is 0.626. The maximum atomic E-state index is 12.0. The highest BCUT2D eigenvalue weighted by atomic mass is 16.3. The molecule has 0 spiro atoms. The highest BCUT2D eigenvalue weighted by Gasteiger charge is 2.46. The highest BCUT2D eigenvalue weighted by Crippen LogP contribution is 2.51. The Morgan fingerprint density at radius 1 is 1.09 bits per heavy atom. The summed E-state index contributed by atoms with van der Waals surface area (Å²) in [7, 11) is 0. The molecule has 0 amide bonds. The van der Waals surface area contributed by atoms with E-state index < -0.39 is 5.92 Å². The van der Waals surface area contributed by atoms with Gasteiger partial charge in [0.25, 0.3) is 0 Å². The molecule has 0 aliphatic heterocycles. The van der Waals surface area contributed by atoms with E-state index in [0.29, 0.717) is 23.7 Å². The number of aliphatic hydroxyl groups excluding tert-OH is 1. The molecule has 3 aliphatic rings. The number of fused-ring (bicyclic) bond motifs is 3. The van der Waals surface area contributed by atoms with Crippen LogP contribution in [0.1, 0.15) is 58.3 Å². The van der Waals surface area contributed by atoms with Crippen LogP contribution in [0, 0.1) is 35.5 Å². The maximum absolute atomic E-state index is 12.0. The summed E-state index contributed by atoms with van der Waals surface area (Å²) in [4.78, 5) is 23.5. The monoisotopic (exact) mass is 318 g/mol. The van der Waals surface area contributed by atoms with E-state index in [1.165, 1.54) is 6.42 Å². The van der Waals surface area contributed by atoms with Gasteiger partial charge in [-0.1, -0.05) is 25.8 Å². The largest absolute Gasteiger partial charge is 0.393 e. The van der Waals surface area contributed by atoms with Gasteiger partial charge in [0, 0.05) is 0 Å². The average Bonchev–Trinajstić information content (AvgIpc) is 2.63. The van der Waals surface area contributed by atoms with Gasteiger partial charge >= 0.3 is 0 Å². The van der Waals surface area contributed by atoms with Gasteiger partial charge < -0.3 is 9.90 Å². The fraction of sp³-hybridized carbons (Fsp3) is 0.800. The van der Waals surface area contributed by atoms with Crippen molar-refractivity contribution >= 4 is 12.1 Å². The molecular weight excluding hydrogens is 288 g/mol. The fourth-order valence-corrected chi connectivity index (χ4v) is 5.65. The fourth-order valence-electron chi connectivity index (χ4n) is 5.65. The van der Waals surface area contributed by atoms with Crippen LogP contribution in [0.15, 0.2) is 12.2 Å². The van der Waals surface area contributed by atoms with Crippen molar-refractivity contribution in [3.63, 3.8) is 0 Å². The lowest BCUT2D eigenvalue weighted by Crippen LogP contribution is -2.44. The Morgan fingerprint density at radius 2 is 1.87 bits per heavy atom. The maximum Gasteiger partial charge on any atom is 0.165 e. The van der Waals surface area contributed by atoms with Crippen molar-refractivity contribution in [1.29, 1.82) is 0 Å². The van der Waals surface area contributed by atoms with Crippen molar-refractivity contribution in [3.8, 4) is 0 Å². The SMILES string of the molecule is CCC1CCC(O)CCCC2C3C=CC(=O)C(C=O)C3CCC12. The van der Waals surface area contributed by atoms with E-state index in [4.69, 9.17) is 0 Å². The molecule has 7 atom stereocenters. The van der Waals surface area contributed by atoms with Crippen LogP contribution in [-0.2, 0) is 9.59 Å². The minimum absolute atomic E-state index is 0.00484. The summed E-state index contributed by atoms with van der Waals surface area (Å²) in [6, 6.07) is 0. The third kappa shape index (κ3) is 3.31. The molecule has 0 saturated heterocycles. The van der Waals surface area contributed by atoms with Gasteiger partial charge in [-0.05, 0) is 74.2 Å². The first-order valence-electron chi connectivity index (χ1n) is 9.51. The van der Waals surface area contributed by atoms with Crippen molar-refractivity contribution in [3.05, 3.63) is 12.2 Å². The number of carbonyl (C=O) groups is 2. The Kier molecular flexibility index (Phi) is 5.35. The molecular formula is C20H30O3. The molecule has 3 rings (SSSR count). The molecule has 1 N–H and O–H groups in total. The van der Waals surface area contributed by atoms with Gasteiger partial charge in [-0.3, -0.25) is 4.79 Å². The van der Waals surface area contributed by atoms with Gasteiger partial charge in [0.1, 0.15) is 6.29 Å². The molecule has 3 heteroatoms. The van der Waals surface area contributed by atoms with Crippen LogP contribution < -0.4 is 0 Å². The molecule has 2 saturated carbocycles. The van der Waals surface area contributed by atoms with Crippen molar-refractivity contribution < 1.29 is 14.7 Å². The normalized spacial score (nSPS) is 44.4. The van der Waals surface area contributed by atoms with Gasteiger partial charge in [0.15, 0.2) is 5.78 Å². The lowest BCUT2D eigenvalue weighted by atomic mass is 9.56. The number of hydrogen-bond donors (Lipinski definition) is 1. The number of ketones is 1. The Bertz CT molecular complexity index is 470. The molecule has 0 aromatic heterocycles.